The van der Waals surface area contributed by atoms with Gasteiger partial charge in [0.05, 0.1) is 10.9 Å². The lowest BCUT2D eigenvalue weighted by Crippen LogP contribution is -2.35. The first-order valence-corrected chi connectivity index (χ1v) is 8.52. The number of nitrogens with two attached hydrogens (primary N) is 1. The second-order valence-electron chi connectivity index (χ2n) is 5.27. The Bertz CT molecular complexity index is 608. The minimum absolute atomic E-state index is 0.201. The van der Waals surface area contributed by atoms with Crippen LogP contribution in [-0.4, -0.2) is 37.8 Å². The van der Waals surface area contributed by atoms with Gasteiger partial charge in [0.2, 0.25) is 15.9 Å². The van der Waals surface area contributed by atoms with Gasteiger partial charge in [-0.1, -0.05) is 12.5 Å². The van der Waals surface area contributed by atoms with Crippen molar-refractivity contribution in [3.63, 3.8) is 0 Å². The summed E-state index contributed by atoms with van der Waals surface area (Å²) in [4.78, 5) is 11.8. The van der Waals surface area contributed by atoms with Crippen molar-refractivity contribution < 1.29 is 13.2 Å². The predicted molar refractivity (Wildman–Crippen MR) is 81.3 cm³/mol. The number of carbonyl (C=O) groups is 1. The summed E-state index contributed by atoms with van der Waals surface area (Å²) >= 11 is 0. The molecule has 0 aliphatic carbocycles. The average molecular weight is 311 g/mol. The largest absolute Gasteiger partial charge is 0.325 e. The third kappa shape index (κ3) is 3.81. The molecule has 1 aromatic rings. The fraction of sp³-hybridized carbons (Fsp3) is 0.500. The standard InChI is InChI=1S/C14H21N3O3S/c1-11(15)14(18)16-12-6-5-7-13(10-12)21(19,20)17-8-3-2-4-9-17/h5-7,10-11H,2-4,8-9,15H2,1H3,(H,16,18). The van der Waals surface area contributed by atoms with Gasteiger partial charge in [-0.25, -0.2) is 8.42 Å². The summed E-state index contributed by atoms with van der Waals surface area (Å²) in [6.45, 7) is 2.68. The molecule has 6 nitrogen and oxygen atoms in total. The van der Waals surface area contributed by atoms with Crippen molar-refractivity contribution in [3.8, 4) is 0 Å². The minimum atomic E-state index is -3.49. The van der Waals surface area contributed by atoms with Crippen LogP contribution in [0.5, 0.6) is 0 Å². The van der Waals surface area contributed by atoms with Crippen molar-refractivity contribution in [3.05, 3.63) is 24.3 Å². The molecular weight excluding hydrogens is 290 g/mol. The molecule has 0 aromatic heterocycles. The number of rotatable bonds is 4. The lowest BCUT2D eigenvalue weighted by atomic mass is 10.2. The molecule has 0 saturated carbocycles. The van der Waals surface area contributed by atoms with Crippen molar-refractivity contribution in [2.75, 3.05) is 18.4 Å². The van der Waals surface area contributed by atoms with E-state index in [1.54, 1.807) is 25.1 Å². The molecule has 1 heterocycles. The molecule has 1 aliphatic rings. The molecule has 1 atom stereocenters. The van der Waals surface area contributed by atoms with Crippen LogP contribution in [0.4, 0.5) is 5.69 Å². The fourth-order valence-electron chi connectivity index (χ4n) is 2.24. The number of piperidine rings is 1. The lowest BCUT2D eigenvalue weighted by molar-refractivity contribution is -0.117. The third-order valence-electron chi connectivity index (χ3n) is 3.47. The smallest absolute Gasteiger partial charge is 0.243 e. The van der Waals surface area contributed by atoms with E-state index in [9.17, 15) is 13.2 Å². The van der Waals surface area contributed by atoms with Gasteiger partial charge in [-0.05, 0) is 38.0 Å². The molecule has 1 amide bonds. The maximum Gasteiger partial charge on any atom is 0.243 e. The number of benzene rings is 1. The van der Waals surface area contributed by atoms with Gasteiger partial charge in [-0.2, -0.15) is 4.31 Å². The van der Waals surface area contributed by atoms with Gasteiger partial charge >= 0.3 is 0 Å². The van der Waals surface area contributed by atoms with Crippen molar-refractivity contribution in [2.24, 2.45) is 5.73 Å². The Hall–Kier alpha value is -1.44. The van der Waals surface area contributed by atoms with E-state index in [4.69, 9.17) is 5.73 Å². The molecule has 116 valence electrons. The molecule has 0 radical (unpaired) electrons. The Morgan fingerprint density at radius 1 is 1.29 bits per heavy atom. The maximum absolute atomic E-state index is 12.5. The molecular formula is C14H21N3O3S. The van der Waals surface area contributed by atoms with Gasteiger partial charge in [0.25, 0.3) is 0 Å². The topological polar surface area (TPSA) is 92.5 Å². The van der Waals surface area contributed by atoms with E-state index in [-0.39, 0.29) is 10.8 Å². The van der Waals surface area contributed by atoms with Crippen LogP contribution >= 0.6 is 0 Å². The van der Waals surface area contributed by atoms with Gasteiger partial charge in [-0.15, -0.1) is 0 Å². The number of nitrogens with zero attached hydrogens (tertiary/aromatic N) is 1. The third-order valence-corrected chi connectivity index (χ3v) is 5.36. The van der Waals surface area contributed by atoms with E-state index >= 15 is 0 Å². The van der Waals surface area contributed by atoms with Gasteiger partial charge in [0.15, 0.2) is 0 Å². The number of nitrogens with one attached hydrogen (secondary N) is 1. The molecule has 3 N–H and O–H groups in total. The predicted octanol–water partition coefficient (Wildman–Crippen LogP) is 1.15. The second kappa shape index (κ2) is 6.55. The lowest BCUT2D eigenvalue weighted by Gasteiger charge is -2.26. The zero-order valence-corrected chi connectivity index (χ0v) is 12.9. The number of hydrogen-bond acceptors (Lipinski definition) is 4. The summed E-state index contributed by atoms with van der Waals surface area (Å²) < 4.78 is 26.6. The van der Waals surface area contributed by atoms with Crippen LogP contribution in [0.15, 0.2) is 29.2 Å². The molecule has 1 aromatic carbocycles. The highest BCUT2D eigenvalue weighted by molar-refractivity contribution is 7.89. The number of hydrogen-bond donors (Lipinski definition) is 2. The maximum atomic E-state index is 12.5. The highest BCUT2D eigenvalue weighted by Crippen LogP contribution is 2.22. The van der Waals surface area contributed by atoms with E-state index in [1.807, 2.05) is 0 Å². The van der Waals surface area contributed by atoms with Crippen molar-refractivity contribution in [1.82, 2.24) is 4.31 Å². The summed E-state index contributed by atoms with van der Waals surface area (Å²) in [5.41, 5.74) is 5.93. The Kier molecular flexibility index (Phi) is 4.97. The van der Waals surface area contributed by atoms with E-state index in [2.05, 4.69) is 5.32 Å². The number of sulfonamides is 1. The summed E-state index contributed by atoms with van der Waals surface area (Å²) in [7, 11) is -3.49. The van der Waals surface area contributed by atoms with Crippen LogP contribution in [0, 0.1) is 0 Å². The SMILES string of the molecule is CC(N)C(=O)Nc1cccc(S(=O)(=O)N2CCCCC2)c1. The summed E-state index contributed by atoms with van der Waals surface area (Å²) in [5, 5.41) is 2.61. The normalized spacial score (nSPS) is 18.2. The number of carbonyl (C=O) groups excluding carboxylic acids is 1. The van der Waals surface area contributed by atoms with Gasteiger partial charge in [0, 0.05) is 18.8 Å². The highest BCUT2D eigenvalue weighted by atomic mass is 32.2. The summed E-state index contributed by atoms with van der Waals surface area (Å²) in [5.74, 6) is -0.345. The van der Waals surface area contributed by atoms with Crippen LogP contribution in [0.25, 0.3) is 0 Å². The van der Waals surface area contributed by atoms with Crippen LogP contribution in [0.2, 0.25) is 0 Å². The Morgan fingerprint density at radius 3 is 2.57 bits per heavy atom. The van der Waals surface area contributed by atoms with E-state index in [0.29, 0.717) is 18.8 Å². The number of anilines is 1. The molecule has 2 rings (SSSR count). The van der Waals surface area contributed by atoms with Gasteiger partial charge < -0.3 is 11.1 Å². The number of amides is 1. The van der Waals surface area contributed by atoms with Gasteiger partial charge in [-0.3, -0.25) is 4.79 Å². The Morgan fingerprint density at radius 2 is 1.95 bits per heavy atom. The zero-order chi connectivity index (χ0) is 15.5. The fourth-order valence-corrected chi connectivity index (χ4v) is 3.81. The van der Waals surface area contributed by atoms with Crippen LogP contribution in [-0.2, 0) is 14.8 Å². The monoisotopic (exact) mass is 311 g/mol. The zero-order valence-electron chi connectivity index (χ0n) is 12.1. The van der Waals surface area contributed by atoms with E-state index < -0.39 is 16.1 Å². The van der Waals surface area contributed by atoms with Crippen molar-refractivity contribution >= 4 is 21.6 Å². The molecule has 1 saturated heterocycles. The van der Waals surface area contributed by atoms with E-state index in [0.717, 1.165) is 19.3 Å². The molecule has 7 heteroatoms. The minimum Gasteiger partial charge on any atom is -0.325 e. The Labute approximate surface area is 125 Å². The second-order valence-corrected chi connectivity index (χ2v) is 7.21. The molecule has 0 bridgehead atoms. The van der Waals surface area contributed by atoms with Crippen LogP contribution in [0.1, 0.15) is 26.2 Å². The molecule has 1 unspecified atom stereocenters. The average Bonchev–Trinajstić information content (AvgIpc) is 2.48. The molecule has 21 heavy (non-hydrogen) atoms. The van der Waals surface area contributed by atoms with Crippen LogP contribution in [0.3, 0.4) is 0 Å². The Balaban J connectivity index is 2.21. The summed E-state index contributed by atoms with van der Waals surface area (Å²) in [6, 6.07) is 5.64. The molecule has 1 fully saturated rings. The molecule has 0 spiro atoms. The highest BCUT2D eigenvalue weighted by Gasteiger charge is 2.26. The molecule has 1 aliphatic heterocycles. The first kappa shape index (κ1) is 15.9. The summed E-state index contributed by atoms with van der Waals surface area (Å²) in [6.07, 6.45) is 2.84. The van der Waals surface area contributed by atoms with Crippen LogP contribution < -0.4 is 11.1 Å². The first-order chi connectivity index (χ1) is 9.91. The van der Waals surface area contributed by atoms with Crippen molar-refractivity contribution in [2.45, 2.75) is 37.1 Å². The van der Waals surface area contributed by atoms with Gasteiger partial charge in [0.1, 0.15) is 0 Å². The first-order valence-electron chi connectivity index (χ1n) is 7.08. The quantitative estimate of drug-likeness (QED) is 0.872. The van der Waals surface area contributed by atoms with Crippen molar-refractivity contribution in [1.29, 1.82) is 0 Å². The van der Waals surface area contributed by atoms with E-state index in [1.165, 1.54) is 10.4 Å².